The number of hydrogen-bond acceptors (Lipinski definition) is 10. The number of hydrogen-bond donors (Lipinski definition) is 2. The number of imide groups is 1. The fourth-order valence-electron chi connectivity index (χ4n) is 3.11. The highest BCUT2D eigenvalue weighted by molar-refractivity contribution is 7.86. The number of nitrogens with zero attached hydrogens (tertiary/aromatic N) is 1. The molecule has 11 nitrogen and oxygen atoms in total. The highest BCUT2D eigenvalue weighted by Gasteiger charge is 2.33. The Morgan fingerprint density at radius 3 is 2.45 bits per heavy atom. The minimum Gasteiger partial charge on any atom is -0.506 e. The van der Waals surface area contributed by atoms with Gasteiger partial charge in [0.1, 0.15) is 16.2 Å². The van der Waals surface area contributed by atoms with Crippen molar-refractivity contribution in [2.75, 3.05) is 0 Å². The summed E-state index contributed by atoms with van der Waals surface area (Å²) in [6, 6.07) is 4.80. The molecule has 0 spiro atoms. The number of aromatic hydroxyl groups is 1. The van der Waals surface area contributed by atoms with Crippen LogP contribution in [0.4, 0.5) is 0 Å². The average Bonchev–Trinajstić information content (AvgIpc) is 3.27. The standard InChI is InChI=1S/C19H12ClNO10S2/c20-10-4-8-3-9(19(26)30-12(8)5-11(10)22)13-6-15(33(27,28)29)14(32-13)7-18(25)31-21-16(23)1-2-17(21)24/h3-6,22H,1-2,7H2,(H,27,28,29). The van der Waals surface area contributed by atoms with Gasteiger partial charge < -0.3 is 14.4 Å². The molecule has 172 valence electrons. The molecule has 2 amide bonds. The van der Waals surface area contributed by atoms with Crippen LogP contribution in [0.1, 0.15) is 17.7 Å². The molecule has 0 unspecified atom stereocenters. The van der Waals surface area contributed by atoms with Crippen LogP contribution in [-0.4, -0.2) is 40.9 Å². The van der Waals surface area contributed by atoms with Crippen molar-refractivity contribution in [3.05, 3.63) is 44.6 Å². The monoisotopic (exact) mass is 513 g/mol. The van der Waals surface area contributed by atoms with Crippen LogP contribution in [0.25, 0.3) is 21.4 Å². The molecule has 3 aromatic rings. The summed E-state index contributed by atoms with van der Waals surface area (Å²) in [6.45, 7) is 0. The molecule has 4 rings (SSSR count). The third-order valence-corrected chi connectivity index (χ3v) is 7.14. The largest absolute Gasteiger partial charge is 0.506 e. The summed E-state index contributed by atoms with van der Waals surface area (Å²) in [5.74, 6) is -2.85. The molecule has 0 saturated carbocycles. The Bertz CT molecular complexity index is 1490. The molecule has 0 radical (unpaired) electrons. The van der Waals surface area contributed by atoms with Crippen molar-refractivity contribution in [2.45, 2.75) is 24.2 Å². The van der Waals surface area contributed by atoms with Crippen molar-refractivity contribution in [1.29, 1.82) is 0 Å². The van der Waals surface area contributed by atoms with E-state index in [9.17, 15) is 37.3 Å². The molecular formula is C19H12ClNO10S2. The second kappa shape index (κ2) is 8.26. The van der Waals surface area contributed by atoms with Gasteiger partial charge in [-0.2, -0.15) is 8.42 Å². The van der Waals surface area contributed by atoms with Gasteiger partial charge in [0, 0.05) is 34.0 Å². The summed E-state index contributed by atoms with van der Waals surface area (Å²) in [5, 5.41) is 10.3. The number of hydroxylamine groups is 2. The van der Waals surface area contributed by atoms with Crippen LogP contribution in [0.3, 0.4) is 0 Å². The van der Waals surface area contributed by atoms with Crippen molar-refractivity contribution < 1.29 is 41.7 Å². The average molecular weight is 514 g/mol. The summed E-state index contributed by atoms with van der Waals surface area (Å²) in [5.41, 5.74) is -0.945. The second-order valence-electron chi connectivity index (χ2n) is 6.88. The van der Waals surface area contributed by atoms with E-state index in [1.165, 1.54) is 12.1 Å². The van der Waals surface area contributed by atoms with Crippen molar-refractivity contribution in [1.82, 2.24) is 5.06 Å². The summed E-state index contributed by atoms with van der Waals surface area (Å²) < 4.78 is 38.4. The molecule has 0 aliphatic carbocycles. The van der Waals surface area contributed by atoms with E-state index in [0.29, 0.717) is 21.8 Å². The van der Waals surface area contributed by atoms with Gasteiger partial charge in [-0.15, -0.1) is 16.4 Å². The van der Waals surface area contributed by atoms with Crippen molar-refractivity contribution >= 4 is 61.8 Å². The van der Waals surface area contributed by atoms with Gasteiger partial charge in [-0.05, 0) is 18.2 Å². The zero-order chi connectivity index (χ0) is 24.1. The van der Waals surface area contributed by atoms with Gasteiger partial charge in [-0.3, -0.25) is 14.1 Å². The lowest BCUT2D eigenvalue weighted by atomic mass is 10.1. The molecule has 2 N–H and O–H groups in total. The summed E-state index contributed by atoms with van der Waals surface area (Å²) in [4.78, 5) is 51.8. The molecule has 3 heterocycles. The molecule has 1 fully saturated rings. The Kier molecular flexibility index (Phi) is 5.74. The number of thiophene rings is 1. The maximum atomic E-state index is 12.5. The summed E-state index contributed by atoms with van der Waals surface area (Å²) in [7, 11) is -4.81. The van der Waals surface area contributed by atoms with Crippen molar-refractivity contribution in [3.8, 4) is 16.2 Å². The van der Waals surface area contributed by atoms with E-state index >= 15 is 0 Å². The molecular weight excluding hydrogens is 502 g/mol. The van der Waals surface area contributed by atoms with Gasteiger partial charge in [-0.1, -0.05) is 11.6 Å². The predicted octanol–water partition coefficient (Wildman–Crippen LogP) is 2.28. The Hall–Kier alpha value is -3.26. The number of rotatable bonds is 5. The number of amides is 2. The van der Waals surface area contributed by atoms with Gasteiger partial charge in [0.15, 0.2) is 0 Å². The van der Waals surface area contributed by atoms with Crippen LogP contribution in [0.5, 0.6) is 5.75 Å². The minimum atomic E-state index is -4.81. The van der Waals surface area contributed by atoms with Crippen LogP contribution in [-0.2, 0) is 35.8 Å². The molecule has 1 aliphatic rings. The first-order valence-electron chi connectivity index (χ1n) is 9.07. The van der Waals surface area contributed by atoms with E-state index < -0.39 is 44.8 Å². The van der Waals surface area contributed by atoms with E-state index in [0.717, 1.165) is 12.1 Å². The molecule has 0 atom stereocenters. The number of carbonyl (C=O) groups is 3. The number of carbonyl (C=O) groups excluding carboxylic acids is 3. The smallest absolute Gasteiger partial charge is 0.345 e. The molecule has 1 aromatic carbocycles. The molecule has 0 bridgehead atoms. The number of benzene rings is 1. The fraction of sp³-hybridized carbons (Fsp3) is 0.158. The third kappa shape index (κ3) is 4.48. The van der Waals surface area contributed by atoms with E-state index in [1.54, 1.807) is 0 Å². The van der Waals surface area contributed by atoms with Gasteiger partial charge in [0.25, 0.3) is 21.9 Å². The molecule has 1 saturated heterocycles. The number of halogens is 1. The summed E-state index contributed by atoms with van der Waals surface area (Å²) >= 11 is 6.57. The quantitative estimate of drug-likeness (QED) is 0.293. The Balaban J connectivity index is 1.73. The van der Waals surface area contributed by atoms with E-state index in [-0.39, 0.29) is 44.5 Å². The van der Waals surface area contributed by atoms with E-state index in [4.69, 9.17) is 20.9 Å². The van der Waals surface area contributed by atoms with E-state index in [1.807, 2.05) is 0 Å². The second-order valence-corrected chi connectivity index (χ2v) is 9.82. The number of phenols is 1. The molecule has 33 heavy (non-hydrogen) atoms. The first-order chi connectivity index (χ1) is 15.4. The van der Waals surface area contributed by atoms with Gasteiger partial charge in [-0.25, -0.2) is 9.59 Å². The topological polar surface area (TPSA) is 168 Å². The fourth-order valence-corrected chi connectivity index (χ4v) is 5.47. The van der Waals surface area contributed by atoms with Crippen molar-refractivity contribution in [2.24, 2.45) is 0 Å². The molecule has 1 aliphatic heterocycles. The highest BCUT2D eigenvalue weighted by Crippen LogP contribution is 2.36. The molecule has 2 aromatic heterocycles. The summed E-state index contributed by atoms with van der Waals surface area (Å²) in [6.07, 6.45) is -0.953. The van der Waals surface area contributed by atoms with Gasteiger partial charge in [0.05, 0.1) is 17.0 Å². The molecule has 14 heteroatoms. The lowest BCUT2D eigenvalue weighted by Gasteiger charge is -2.12. The zero-order valence-corrected chi connectivity index (χ0v) is 18.6. The lowest BCUT2D eigenvalue weighted by Crippen LogP contribution is -2.32. The SMILES string of the molecule is O=C(Cc1sc(-c2cc3cc(Cl)c(O)cc3oc2=O)cc1S(=O)(=O)O)ON1C(=O)CCC1=O. The predicted molar refractivity (Wildman–Crippen MR) is 113 cm³/mol. The Morgan fingerprint density at radius 2 is 1.82 bits per heavy atom. The van der Waals surface area contributed by atoms with E-state index in [2.05, 4.69) is 0 Å². The van der Waals surface area contributed by atoms with Crippen LogP contribution >= 0.6 is 22.9 Å². The first-order valence-corrected chi connectivity index (χ1v) is 11.7. The Morgan fingerprint density at radius 1 is 1.15 bits per heavy atom. The highest BCUT2D eigenvalue weighted by atomic mass is 35.5. The number of fused-ring (bicyclic) bond motifs is 1. The van der Waals surface area contributed by atoms with Gasteiger partial charge >= 0.3 is 11.6 Å². The van der Waals surface area contributed by atoms with Gasteiger partial charge in [0.2, 0.25) is 0 Å². The lowest BCUT2D eigenvalue weighted by molar-refractivity contribution is -0.197. The minimum absolute atomic E-state index is 0.0125. The third-order valence-electron chi connectivity index (χ3n) is 4.62. The maximum absolute atomic E-state index is 12.5. The normalized spacial score (nSPS) is 14.3. The first kappa shape index (κ1) is 22.9. The Labute approximate surface area is 193 Å². The van der Waals surface area contributed by atoms with Crippen molar-refractivity contribution in [3.63, 3.8) is 0 Å². The van der Waals surface area contributed by atoms with Crippen LogP contribution in [0, 0.1) is 0 Å². The van der Waals surface area contributed by atoms with Crippen LogP contribution in [0.2, 0.25) is 5.02 Å². The van der Waals surface area contributed by atoms with Crippen LogP contribution < -0.4 is 5.63 Å². The zero-order valence-electron chi connectivity index (χ0n) is 16.2. The maximum Gasteiger partial charge on any atom is 0.345 e. The van der Waals surface area contributed by atoms with Crippen LogP contribution in [0.15, 0.2) is 38.4 Å². The number of phenolic OH excluding ortho intramolecular Hbond substituents is 1.